The Balaban J connectivity index is 1.93. The molecule has 0 aliphatic heterocycles. The molecule has 0 bridgehead atoms. The van der Waals surface area contributed by atoms with Gasteiger partial charge in [-0.15, -0.1) is 0 Å². The number of benzene rings is 2. The second-order valence-electron chi connectivity index (χ2n) is 5.84. The number of carboxylic acids is 2. The van der Waals surface area contributed by atoms with E-state index in [0.717, 1.165) is 11.1 Å². The maximum Gasteiger partial charge on any atom is 0.332 e. The Kier molecular flexibility index (Phi) is 7.16. The molecule has 0 unspecified atom stereocenters. The summed E-state index contributed by atoms with van der Waals surface area (Å²) >= 11 is 0. The number of hydrogen-bond acceptors (Lipinski definition) is 3. The van der Waals surface area contributed by atoms with Crippen LogP contribution >= 0.6 is 0 Å². The van der Waals surface area contributed by atoms with Gasteiger partial charge >= 0.3 is 11.9 Å². The molecule has 0 aliphatic carbocycles. The highest BCUT2D eigenvalue weighted by Gasteiger charge is 2.27. The fraction of sp³-hybridized carbons (Fsp3) is 0.300. The number of aryl methyl sites for hydroxylation is 2. The summed E-state index contributed by atoms with van der Waals surface area (Å²) in [6.45, 7) is 0. The van der Waals surface area contributed by atoms with Gasteiger partial charge in [0, 0.05) is 0 Å². The van der Waals surface area contributed by atoms with Gasteiger partial charge < -0.3 is 14.9 Å². The molecule has 0 amide bonds. The first kappa shape index (κ1) is 18.7. The van der Waals surface area contributed by atoms with E-state index >= 15 is 0 Å². The molecule has 0 spiro atoms. The third-order valence-corrected chi connectivity index (χ3v) is 3.96. The average Bonchev–Trinajstić information content (AvgIpc) is 2.62. The molecular formula is C20H22O5. The van der Waals surface area contributed by atoms with Crippen LogP contribution in [-0.2, 0) is 27.2 Å². The predicted molar refractivity (Wildman–Crippen MR) is 93.5 cm³/mol. The maximum atomic E-state index is 11.4. The minimum absolute atomic E-state index is 0.231. The van der Waals surface area contributed by atoms with E-state index < -0.39 is 24.1 Å². The SMILES string of the molecule is O=C(O)[C@@H](CCc1ccccc1)O[C@H](CCc1ccccc1)C(=O)O. The maximum absolute atomic E-state index is 11.4. The van der Waals surface area contributed by atoms with Gasteiger partial charge in [-0.3, -0.25) is 0 Å². The number of carboxylic acid groups (broad SMARTS) is 2. The topological polar surface area (TPSA) is 83.8 Å². The standard InChI is InChI=1S/C20H22O5/c21-19(22)17(13-11-15-7-3-1-4-8-15)25-18(20(23)24)14-12-16-9-5-2-6-10-16/h1-10,17-18H,11-14H2,(H,21,22)(H,23,24)/t17-,18-/m1/s1. The number of hydrogen-bond donors (Lipinski definition) is 2. The van der Waals surface area contributed by atoms with Gasteiger partial charge in [0.2, 0.25) is 0 Å². The van der Waals surface area contributed by atoms with Crippen LogP contribution in [0.15, 0.2) is 60.7 Å². The summed E-state index contributed by atoms with van der Waals surface area (Å²) in [5, 5.41) is 18.7. The van der Waals surface area contributed by atoms with E-state index in [1.165, 1.54) is 0 Å². The van der Waals surface area contributed by atoms with Gasteiger partial charge in [0.1, 0.15) is 0 Å². The lowest BCUT2D eigenvalue weighted by Gasteiger charge is -2.19. The van der Waals surface area contributed by atoms with Gasteiger partial charge in [-0.2, -0.15) is 0 Å². The molecule has 0 aromatic heterocycles. The molecule has 5 nitrogen and oxygen atoms in total. The average molecular weight is 342 g/mol. The molecule has 25 heavy (non-hydrogen) atoms. The normalized spacial score (nSPS) is 13.1. The minimum Gasteiger partial charge on any atom is -0.479 e. The van der Waals surface area contributed by atoms with Crippen molar-refractivity contribution in [3.8, 4) is 0 Å². The molecule has 2 atom stereocenters. The van der Waals surface area contributed by atoms with Crippen molar-refractivity contribution in [3.63, 3.8) is 0 Å². The van der Waals surface area contributed by atoms with E-state index in [4.69, 9.17) is 4.74 Å². The molecule has 2 aromatic carbocycles. The van der Waals surface area contributed by atoms with Gasteiger partial charge in [0.15, 0.2) is 12.2 Å². The zero-order chi connectivity index (χ0) is 18.1. The lowest BCUT2D eigenvalue weighted by atomic mass is 10.1. The van der Waals surface area contributed by atoms with Crippen molar-refractivity contribution >= 4 is 11.9 Å². The largest absolute Gasteiger partial charge is 0.479 e. The zero-order valence-corrected chi connectivity index (χ0v) is 13.9. The van der Waals surface area contributed by atoms with Crippen molar-refractivity contribution in [3.05, 3.63) is 71.8 Å². The highest BCUT2D eigenvalue weighted by Crippen LogP contribution is 2.14. The van der Waals surface area contributed by atoms with Crippen molar-refractivity contribution in [2.45, 2.75) is 37.9 Å². The van der Waals surface area contributed by atoms with Crippen molar-refractivity contribution in [1.29, 1.82) is 0 Å². The van der Waals surface area contributed by atoms with Crippen LogP contribution in [0, 0.1) is 0 Å². The molecular weight excluding hydrogens is 320 g/mol. The molecule has 0 heterocycles. The zero-order valence-electron chi connectivity index (χ0n) is 13.9. The van der Waals surface area contributed by atoms with Crippen molar-refractivity contribution in [2.75, 3.05) is 0 Å². The van der Waals surface area contributed by atoms with Gasteiger partial charge in [0.05, 0.1) is 0 Å². The van der Waals surface area contributed by atoms with Crippen LogP contribution in [0.2, 0.25) is 0 Å². The van der Waals surface area contributed by atoms with E-state index in [-0.39, 0.29) is 12.8 Å². The highest BCUT2D eigenvalue weighted by molar-refractivity contribution is 5.75. The molecule has 0 fully saturated rings. The summed E-state index contributed by atoms with van der Waals surface area (Å²) in [6, 6.07) is 18.9. The van der Waals surface area contributed by atoms with E-state index in [9.17, 15) is 19.8 Å². The fourth-order valence-corrected chi connectivity index (χ4v) is 2.58. The Morgan fingerprint density at radius 1 is 0.720 bits per heavy atom. The van der Waals surface area contributed by atoms with Crippen LogP contribution in [0.1, 0.15) is 24.0 Å². The molecule has 0 saturated heterocycles. The Morgan fingerprint density at radius 2 is 1.08 bits per heavy atom. The summed E-state index contributed by atoms with van der Waals surface area (Å²) in [5.74, 6) is -2.27. The van der Waals surface area contributed by atoms with Crippen LogP contribution in [0.3, 0.4) is 0 Å². The Bertz CT molecular complexity index is 610. The smallest absolute Gasteiger partial charge is 0.332 e. The van der Waals surface area contributed by atoms with E-state index in [2.05, 4.69) is 0 Å². The molecule has 5 heteroatoms. The summed E-state index contributed by atoms with van der Waals surface area (Å²) < 4.78 is 5.42. The van der Waals surface area contributed by atoms with Gasteiger partial charge in [-0.25, -0.2) is 9.59 Å². The highest BCUT2D eigenvalue weighted by atomic mass is 16.5. The lowest BCUT2D eigenvalue weighted by Crippen LogP contribution is -2.34. The molecule has 2 aromatic rings. The summed E-state index contributed by atoms with van der Waals surface area (Å²) in [6.07, 6.45) is -0.789. The van der Waals surface area contributed by atoms with E-state index in [0.29, 0.717) is 12.8 Å². The van der Waals surface area contributed by atoms with Gasteiger partial charge in [-0.1, -0.05) is 60.7 Å². The third kappa shape index (κ3) is 6.39. The number of aliphatic carboxylic acids is 2. The first-order valence-corrected chi connectivity index (χ1v) is 8.25. The summed E-state index contributed by atoms with van der Waals surface area (Å²) in [4.78, 5) is 22.9. The quantitative estimate of drug-likeness (QED) is 0.693. The second kappa shape index (κ2) is 9.59. The number of rotatable bonds is 10. The van der Waals surface area contributed by atoms with Gasteiger partial charge in [-0.05, 0) is 36.8 Å². The summed E-state index contributed by atoms with van der Waals surface area (Å²) in [7, 11) is 0. The molecule has 132 valence electrons. The van der Waals surface area contributed by atoms with Crippen molar-refractivity contribution in [1.82, 2.24) is 0 Å². The van der Waals surface area contributed by atoms with Crippen LogP contribution in [0.25, 0.3) is 0 Å². The number of carbonyl (C=O) groups is 2. The van der Waals surface area contributed by atoms with Crippen molar-refractivity contribution < 1.29 is 24.5 Å². The van der Waals surface area contributed by atoms with E-state index in [1.807, 2.05) is 60.7 Å². The lowest BCUT2D eigenvalue weighted by molar-refractivity contribution is -0.166. The first-order valence-electron chi connectivity index (χ1n) is 8.25. The monoisotopic (exact) mass is 342 g/mol. The molecule has 0 saturated carbocycles. The molecule has 0 aliphatic rings. The Morgan fingerprint density at radius 3 is 1.40 bits per heavy atom. The Labute approximate surface area is 146 Å². The van der Waals surface area contributed by atoms with Crippen LogP contribution in [-0.4, -0.2) is 34.4 Å². The predicted octanol–water partition coefficient (Wildman–Crippen LogP) is 3.18. The van der Waals surface area contributed by atoms with Crippen LogP contribution < -0.4 is 0 Å². The third-order valence-electron chi connectivity index (χ3n) is 3.96. The molecule has 2 rings (SSSR count). The van der Waals surface area contributed by atoms with Crippen LogP contribution in [0.4, 0.5) is 0 Å². The summed E-state index contributed by atoms with van der Waals surface area (Å²) in [5.41, 5.74) is 1.99. The minimum atomic E-state index is -1.14. The van der Waals surface area contributed by atoms with Gasteiger partial charge in [0.25, 0.3) is 0 Å². The first-order chi connectivity index (χ1) is 12.1. The van der Waals surface area contributed by atoms with E-state index in [1.54, 1.807) is 0 Å². The number of ether oxygens (including phenoxy) is 1. The van der Waals surface area contributed by atoms with Crippen LogP contribution in [0.5, 0.6) is 0 Å². The van der Waals surface area contributed by atoms with Crippen molar-refractivity contribution in [2.24, 2.45) is 0 Å². The fourth-order valence-electron chi connectivity index (χ4n) is 2.58. The molecule has 2 N–H and O–H groups in total. The molecule has 0 radical (unpaired) electrons. The Hall–Kier alpha value is -2.66. The second-order valence-corrected chi connectivity index (χ2v) is 5.84.